The Morgan fingerprint density at radius 3 is 2.85 bits per heavy atom. The molecule has 0 bridgehead atoms. The third-order valence-electron chi connectivity index (χ3n) is 1.96. The van der Waals surface area contributed by atoms with Gasteiger partial charge in [-0.25, -0.2) is 0 Å². The maximum absolute atomic E-state index is 4.35. The molecule has 3 heteroatoms. The Labute approximate surface area is 93.4 Å². The van der Waals surface area contributed by atoms with Crippen molar-refractivity contribution in [3.63, 3.8) is 0 Å². The van der Waals surface area contributed by atoms with Gasteiger partial charge < -0.3 is 0 Å². The molecule has 0 N–H and O–H groups in total. The molecule has 1 nitrogen and oxygen atoms in total. The Balaban J connectivity index is 2.84. The summed E-state index contributed by atoms with van der Waals surface area (Å²) in [5.41, 5.74) is 2.27. The second-order valence-electron chi connectivity index (χ2n) is 2.73. The summed E-state index contributed by atoms with van der Waals surface area (Å²) >= 11 is 6.97. The second kappa shape index (κ2) is 3.76. The molecule has 0 fully saturated rings. The Morgan fingerprint density at radius 2 is 2.08 bits per heavy atom. The zero-order valence-corrected chi connectivity index (χ0v) is 9.97. The zero-order valence-electron chi connectivity index (χ0n) is 6.80. The average molecular weight is 301 g/mol. The van der Waals surface area contributed by atoms with Gasteiger partial charge in [0.1, 0.15) is 0 Å². The van der Waals surface area contributed by atoms with Gasteiger partial charge in [0.15, 0.2) is 0 Å². The maximum atomic E-state index is 4.35. The molecule has 1 aromatic heterocycles. The molecular formula is C10H7Br2N. The highest BCUT2D eigenvalue weighted by Gasteiger charge is 2.04. The molecule has 0 aliphatic carbocycles. The van der Waals surface area contributed by atoms with Gasteiger partial charge in [0.2, 0.25) is 0 Å². The van der Waals surface area contributed by atoms with Crippen LogP contribution in [-0.4, -0.2) is 4.98 Å². The van der Waals surface area contributed by atoms with Crippen LogP contribution in [0.2, 0.25) is 0 Å². The summed E-state index contributed by atoms with van der Waals surface area (Å²) in [5, 5.41) is 2.00. The highest BCUT2D eigenvalue weighted by atomic mass is 79.9. The van der Waals surface area contributed by atoms with Crippen molar-refractivity contribution in [2.75, 3.05) is 0 Å². The van der Waals surface area contributed by atoms with E-state index in [1.165, 1.54) is 10.9 Å². The average Bonchev–Trinajstić information content (AvgIpc) is 2.18. The molecule has 0 saturated carbocycles. The Hall–Kier alpha value is -0.410. The number of halogens is 2. The van der Waals surface area contributed by atoms with Crippen LogP contribution in [0, 0.1) is 0 Å². The predicted octanol–water partition coefficient (Wildman–Crippen LogP) is 3.89. The summed E-state index contributed by atoms with van der Waals surface area (Å²) in [6.07, 6.45) is 1.82. The molecule has 0 amide bonds. The van der Waals surface area contributed by atoms with Crippen molar-refractivity contribution in [2.24, 2.45) is 0 Å². The van der Waals surface area contributed by atoms with Crippen molar-refractivity contribution in [1.82, 2.24) is 4.98 Å². The van der Waals surface area contributed by atoms with Gasteiger partial charge in [-0.1, -0.05) is 44.0 Å². The predicted molar refractivity (Wildman–Crippen MR) is 62.1 cm³/mol. The van der Waals surface area contributed by atoms with Crippen LogP contribution < -0.4 is 0 Å². The number of aromatic nitrogens is 1. The lowest BCUT2D eigenvalue weighted by Gasteiger charge is -2.04. The van der Waals surface area contributed by atoms with Crippen molar-refractivity contribution in [1.29, 1.82) is 0 Å². The first-order valence-electron chi connectivity index (χ1n) is 3.91. The van der Waals surface area contributed by atoms with E-state index < -0.39 is 0 Å². The highest BCUT2D eigenvalue weighted by molar-refractivity contribution is 9.10. The van der Waals surface area contributed by atoms with Gasteiger partial charge in [0.05, 0.1) is 5.52 Å². The summed E-state index contributed by atoms with van der Waals surface area (Å²) in [5.74, 6) is 0. The quantitative estimate of drug-likeness (QED) is 0.728. The van der Waals surface area contributed by atoms with Crippen LogP contribution in [0.5, 0.6) is 0 Å². The standard InChI is InChI=1S/C10H7Br2N/c11-6-8-9(12)4-3-7-2-1-5-13-10(7)8/h1-5H,6H2. The van der Waals surface area contributed by atoms with Crippen molar-refractivity contribution >= 4 is 42.8 Å². The molecule has 13 heavy (non-hydrogen) atoms. The van der Waals surface area contributed by atoms with Crippen LogP contribution >= 0.6 is 31.9 Å². The zero-order chi connectivity index (χ0) is 9.26. The minimum atomic E-state index is 0.821. The van der Waals surface area contributed by atoms with Gasteiger partial charge in [0, 0.05) is 26.9 Å². The molecule has 0 atom stereocenters. The smallest absolute Gasteiger partial charge is 0.0753 e. The van der Waals surface area contributed by atoms with E-state index in [0.717, 1.165) is 15.3 Å². The number of nitrogens with zero attached hydrogens (tertiary/aromatic N) is 1. The largest absolute Gasteiger partial charge is 0.256 e. The van der Waals surface area contributed by atoms with Gasteiger partial charge >= 0.3 is 0 Å². The number of alkyl halides is 1. The fourth-order valence-electron chi connectivity index (χ4n) is 1.31. The Bertz CT molecular complexity index is 440. The van der Waals surface area contributed by atoms with E-state index in [0.29, 0.717) is 0 Å². The van der Waals surface area contributed by atoms with E-state index in [2.05, 4.69) is 55.0 Å². The van der Waals surface area contributed by atoms with Crippen LogP contribution in [0.3, 0.4) is 0 Å². The number of benzene rings is 1. The lowest BCUT2D eigenvalue weighted by atomic mass is 10.1. The molecule has 1 aromatic carbocycles. The maximum Gasteiger partial charge on any atom is 0.0753 e. The number of rotatable bonds is 1. The number of hydrogen-bond acceptors (Lipinski definition) is 1. The summed E-state index contributed by atoms with van der Waals surface area (Å²) in [6, 6.07) is 8.15. The van der Waals surface area contributed by atoms with E-state index in [4.69, 9.17) is 0 Å². The first-order valence-corrected chi connectivity index (χ1v) is 5.82. The number of pyridine rings is 1. The molecule has 0 aliphatic heterocycles. The molecule has 2 aromatic rings. The van der Waals surface area contributed by atoms with E-state index in [-0.39, 0.29) is 0 Å². The Kier molecular flexibility index (Phi) is 2.65. The molecule has 2 rings (SSSR count). The number of hydrogen-bond donors (Lipinski definition) is 0. The molecule has 0 spiro atoms. The van der Waals surface area contributed by atoms with Crippen molar-refractivity contribution in [2.45, 2.75) is 5.33 Å². The monoisotopic (exact) mass is 299 g/mol. The van der Waals surface area contributed by atoms with Crippen molar-refractivity contribution in [3.8, 4) is 0 Å². The van der Waals surface area contributed by atoms with Crippen LogP contribution in [0.25, 0.3) is 10.9 Å². The van der Waals surface area contributed by atoms with Gasteiger partial charge in [-0.05, 0) is 12.1 Å². The lowest BCUT2D eigenvalue weighted by Crippen LogP contribution is -1.86. The summed E-state index contributed by atoms with van der Waals surface area (Å²) in [7, 11) is 0. The fourth-order valence-corrected chi connectivity index (χ4v) is 2.71. The molecule has 66 valence electrons. The molecule has 0 unspecified atom stereocenters. The lowest BCUT2D eigenvalue weighted by molar-refractivity contribution is 1.34. The highest BCUT2D eigenvalue weighted by Crippen LogP contribution is 2.26. The van der Waals surface area contributed by atoms with Crippen LogP contribution in [0.1, 0.15) is 5.56 Å². The fraction of sp³-hybridized carbons (Fsp3) is 0.100. The van der Waals surface area contributed by atoms with Crippen LogP contribution in [-0.2, 0) is 5.33 Å². The normalized spacial score (nSPS) is 10.6. The third-order valence-corrected chi connectivity index (χ3v) is 3.26. The second-order valence-corrected chi connectivity index (χ2v) is 4.15. The minimum Gasteiger partial charge on any atom is -0.256 e. The minimum absolute atomic E-state index is 0.821. The van der Waals surface area contributed by atoms with Gasteiger partial charge in [-0.3, -0.25) is 4.98 Å². The summed E-state index contributed by atoms with van der Waals surface area (Å²) < 4.78 is 1.11. The molecule has 1 heterocycles. The van der Waals surface area contributed by atoms with E-state index >= 15 is 0 Å². The first-order chi connectivity index (χ1) is 6.33. The van der Waals surface area contributed by atoms with Gasteiger partial charge in [0.25, 0.3) is 0 Å². The Morgan fingerprint density at radius 1 is 1.23 bits per heavy atom. The van der Waals surface area contributed by atoms with Crippen LogP contribution in [0.4, 0.5) is 0 Å². The van der Waals surface area contributed by atoms with Crippen molar-refractivity contribution < 1.29 is 0 Å². The van der Waals surface area contributed by atoms with E-state index in [1.54, 1.807) is 0 Å². The SMILES string of the molecule is BrCc1c(Br)ccc2cccnc12. The van der Waals surface area contributed by atoms with Gasteiger partial charge in [-0.2, -0.15) is 0 Å². The van der Waals surface area contributed by atoms with Crippen molar-refractivity contribution in [3.05, 3.63) is 40.5 Å². The molecule has 0 radical (unpaired) electrons. The van der Waals surface area contributed by atoms with E-state index in [9.17, 15) is 0 Å². The van der Waals surface area contributed by atoms with E-state index in [1.807, 2.05) is 12.3 Å². The summed E-state index contributed by atoms with van der Waals surface area (Å²) in [4.78, 5) is 4.35. The third kappa shape index (κ3) is 1.63. The first kappa shape index (κ1) is 9.16. The number of fused-ring (bicyclic) bond motifs is 1. The topological polar surface area (TPSA) is 12.9 Å². The summed E-state index contributed by atoms with van der Waals surface area (Å²) in [6.45, 7) is 0. The molecular weight excluding hydrogens is 294 g/mol. The molecule has 0 aliphatic rings. The molecule has 0 saturated heterocycles. The van der Waals surface area contributed by atoms with Crippen LogP contribution in [0.15, 0.2) is 34.9 Å². The van der Waals surface area contributed by atoms with Gasteiger partial charge in [-0.15, -0.1) is 0 Å².